The molecular weight excluding hydrogens is 322 g/mol. The van der Waals surface area contributed by atoms with E-state index in [1.807, 2.05) is 0 Å². The molecule has 0 aliphatic heterocycles. The normalized spacial score (nSPS) is 12.0. The van der Waals surface area contributed by atoms with Gasteiger partial charge in [0, 0.05) is 6.20 Å². The first-order valence-corrected chi connectivity index (χ1v) is 7.47. The summed E-state index contributed by atoms with van der Waals surface area (Å²) in [5, 5.41) is 12.3. The van der Waals surface area contributed by atoms with Gasteiger partial charge >= 0.3 is 11.9 Å². The zero-order valence-electron chi connectivity index (χ0n) is 12.7. The average Bonchev–Trinajstić information content (AvgIpc) is 2.52. The van der Waals surface area contributed by atoms with Crippen molar-refractivity contribution in [3.05, 3.63) is 29.0 Å². The lowest BCUT2D eigenvalue weighted by Crippen LogP contribution is -2.29. The van der Waals surface area contributed by atoms with E-state index >= 15 is 0 Å². The number of aliphatic carboxylic acids is 1. The van der Waals surface area contributed by atoms with E-state index in [0.29, 0.717) is 17.5 Å². The highest BCUT2D eigenvalue weighted by Gasteiger charge is 2.23. The van der Waals surface area contributed by atoms with Crippen LogP contribution in [0.5, 0.6) is 0 Å². The maximum atomic E-state index is 12.1. The topological polar surface area (TPSA) is 101 Å². The zero-order valence-corrected chi connectivity index (χ0v) is 13.4. The smallest absolute Gasteiger partial charge is 0.341 e. The first-order chi connectivity index (χ1) is 11.0. The number of ether oxygens (including phenoxy) is 1. The van der Waals surface area contributed by atoms with Gasteiger partial charge in [0.25, 0.3) is 0 Å². The average molecular weight is 338 g/mol. The van der Waals surface area contributed by atoms with Crippen LogP contribution in [0.2, 0.25) is 5.15 Å². The summed E-state index contributed by atoms with van der Waals surface area (Å²) in [5.74, 6) is -1.64. The van der Waals surface area contributed by atoms with Crippen LogP contribution in [0.4, 0.5) is 5.69 Å². The van der Waals surface area contributed by atoms with Gasteiger partial charge in [-0.1, -0.05) is 18.5 Å². The fourth-order valence-corrected chi connectivity index (χ4v) is 2.21. The second-order valence-electron chi connectivity index (χ2n) is 4.71. The Labute approximate surface area is 137 Å². The number of aromatic nitrogens is 2. The van der Waals surface area contributed by atoms with E-state index < -0.39 is 18.0 Å². The lowest BCUT2D eigenvalue weighted by atomic mass is 10.1. The lowest BCUT2D eigenvalue weighted by Gasteiger charge is -2.17. The van der Waals surface area contributed by atoms with Crippen molar-refractivity contribution in [2.24, 2.45) is 0 Å². The molecule has 0 saturated heterocycles. The van der Waals surface area contributed by atoms with Gasteiger partial charge in [0.05, 0.1) is 17.8 Å². The van der Waals surface area contributed by atoms with Gasteiger partial charge in [-0.25, -0.2) is 14.6 Å². The van der Waals surface area contributed by atoms with E-state index in [1.54, 1.807) is 26.0 Å². The number of anilines is 1. The Hall–Kier alpha value is -2.41. The summed E-state index contributed by atoms with van der Waals surface area (Å²) in [5.41, 5.74) is 1.19. The van der Waals surface area contributed by atoms with Gasteiger partial charge in [0.15, 0.2) is 0 Å². The fourth-order valence-electron chi connectivity index (χ4n) is 2.06. The summed E-state index contributed by atoms with van der Waals surface area (Å²) in [6, 6.07) is 2.33. The third-order valence-electron chi connectivity index (χ3n) is 3.20. The van der Waals surface area contributed by atoms with Crippen molar-refractivity contribution in [2.75, 3.05) is 11.9 Å². The Morgan fingerprint density at radius 3 is 2.74 bits per heavy atom. The van der Waals surface area contributed by atoms with E-state index in [2.05, 4.69) is 15.3 Å². The monoisotopic (exact) mass is 337 g/mol. The van der Waals surface area contributed by atoms with Gasteiger partial charge in [-0.3, -0.25) is 4.98 Å². The minimum atomic E-state index is -1.03. The minimum absolute atomic E-state index is 0.119. The molecule has 0 aliphatic carbocycles. The third kappa shape index (κ3) is 3.68. The second kappa shape index (κ2) is 7.23. The third-order valence-corrected chi connectivity index (χ3v) is 3.41. The number of hydrogen-bond acceptors (Lipinski definition) is 6. The maximum absolute atomic E-state index is 12.1. The molecule has 0 saturated carbocycles. The van der Waals surface area contributed by atoms with Gasteiger partial charge in [-0.2, -0.15) is 0 Å². The highest BCUT2D eigenvalue weighted by atomic mass is 35.5. The Morgan fingerprint density at radius 2 is 2.13 bits per heavy atom. The molecule has 1 atom stereocenters. The maximum Gasteiger partial charge on any atom is 0.341 e. The quantitative estimate of drug-likeness (QED) is 0.617. The Bertz CT molecular complexity index is 751. The molecule has 0 aromatic carbocycles. The van der Waals surface area contributed by atoms with Crippen LogP contribution in [-0.2, 0) is 9.53 Å². The Kier molecular flexibility index (Phi) is 5.33. The highest BCUT2D eigenvalue weighted by Crippen LogP contribution is 2.27. The Balaban J connectivity index is 2.63. The molecule has 2 N–H and O–H groups in total. The molecule has 0 fully saturated rings. The van der Waals surface area contributed by atoms with Crippen LogP contribution >= 0.6 is 11.6 Å². The molecule has 0 aliphatic rings. The molecule has 2 aromatic heterocycles. The van der Waals surface area contributed by atoms with Gasteiger partial charge in [-0.15, -0.1) is 0 Å². The number of rotatable bonds is 6. The number of esters is 1. The summed E-state index contributed by atoms with van der Waals surface area (Å²) in [6.45, 7) is 3.59. The van der Waals surface area contributed by atoms with Crippen molar-refractivity contribution >= 4 is 40.3 Å². The highest BCUT2D eigenvalue weighted by molar-refractivity contribution is 6.30. The molecular formula is C15H16ClN3O4. The summed E-state index contributed by atoms with van der Waals surface area (Å²) >= 11 is 5.92. The Morgan fingerprint density at radius 1 is 1.39 bits per heavy atom. The second-order valence-corrected chi connectivity index (χ2v) is 5.10. The van der Waals surface area contributed by atoms with Crippen molar-refractivity contribution in [1.29, 1.82) is 0 Å². The number of halogens is 1. The summed E-state index contributed by atoms with van der Waals surface area (Å²) in [6.07, 6.45) is 1.66. The van der Waals surface area contributed by atoms with Crippen LogP contribution in [-0.4, -0.2) is 39.7 Å². The van der Waals surface area contributed by atoms with Crippen LogP contribution < -0.4 is 5.32 Å². The molecule has 1 unspecified atom stereocenters. The molecule has 23 heavy (non-hydrogen) atoms. The van der Waals surface area contributed by atoms with Gasteiger partial charge < -0.3 is 15.2 Å². The molecule has 0 bridgehead atoms. The number of carbonyl (C=O) groups excluding carboxylic acids is 1. The van der Waals surface area contributed by atoms with E-state index in [0.717, 1.165) is 0 Å². The number of hydrogen-bond donors (Lipinski definition) is 2. The first kappa shape index (κ1) is 17.0. The fraction of sp³-hybridized carbons (Fsp3) is 0.333. The number of nitrogens with zero attached hydrogens (tertiary/aromatic N) is 2. The molecule has 0 spiro atoms. The van der Waals surface area contributed by atoms with Crippen molar-refractivity contribution < 1.29 is 19.4 Å². The molecule has 2 rings (SSSR count). The standard InChI is InChI=1S/C15H16ClN3O4/c1-3-9(14(20)21)18-12-8(15(22)23-4-2)7-17-10-5-6-11(16)19-13(10)12/h5-7,9H,3-4H2,1-2H3,(H,17,18)(H,20,21). The molecule has 7 nitrogen and oxygen atoms in total. The van der Waals surface area contributed by atoms with Crippen LogP contribution in [0, 0.1) is 0 Å². The molecule has 2 heterocycles. The predicted molar refractivity (Wildman–Crippen MR) is 85.8 cm³/mol. The minimum Gasteiger partial charge on any atom is -0.480 e. The molecule has 8 heteroatoms. The summed E-state index contributed by atoms with van der Waals surface area (Å²) in [4.78, 5) is 31.7. The molecule has 0 amide bonds. The van der Waals surface area contributed by atoms with Gasteiger partial charge in [-0.05, 0) is 25.5 Å². The SMILES string of the molecule is CCOC(=O)c1cnc2ccc(Cl)nc2c1NC(CC)C(=O)O. The number of carboxylic acids is 1. The van der Waals surface area contributed by atoms with Crippen molar-refractivity contribution in [1.82, 2.24) is 9.97 Å². The van der Waals surface area contributed by atoms with E-state index in [1.165, 1.54) is 6.20 Å². The van der Waals surface area contributed by atoms with Gasteiger partial charge in [0.2, 0.25) is 0 Å². The number of carbonyl (C=O) groups is 2. The predicted octanol–water partition coefficient (Wildman–Crippen LogP) is 2.74. The van der Waals surface area contributed by atoms with Crippen LogP contribution in [0.3, 0.4) is 0 Å². The molecule has 122 valence electrons. The van der Waals surface area contributed by atoms with E-state index in [4.69, 9.17) is 16.3 Å². The van der Waals surface area contributed by atoms with Crippen molar-refractivity contribution in [2.45, 2.75) is 26.3 Å². The zero-order chi connectivity index (χ0) is 17.0. The number of nitrogens with one attached hydrogen (secondary N) is 1. The number of carboxylic acid groups (broad SMARTS) is 1. The van der Waals surface area contributed by atoms with E-state index in [9.17, 15) is 14.7 Å². The van der Waals surface area contributed by atoms with Crippen molar-refractivity contribution in [3.63, 3.8) is 0 Å². The largest absolute Gasteiger partial charge is 0.480 e. The van der Waals surface area contributed by atoms with Gasteiger partial charge in [0.1, 0.15) is 22.3 Å². The number of fused-ring (bicyclic) bond motifs is 1. The molecule has 2 aromatic rings. The number of pyridine rings is 2. The van der Waals surface area contributed by atoms with Crippen LogP contribution in [0.1, 0.15) is 30.6 Å². The molecule has 0 radical (unpaired) electrons. The van der Waals surface area contributed by atoms with Crippen LogP contribution in [0.25, 0.3) is 11.0 Å². The van der Waals surface area contributed by atoms with Crippen LogP contribution in [0.15, 0.2) is 18.3 Å². The lowest BCUT2D eigenvalue weighted by molar-refractivity contribution is -0.137. The summed E-state index contributed by atoms with van der Waals surface area (Å²) < 4.78 is 5.00. The summed E-state index contributed by atoms with van der Waals surface area (Å²) in [7, 11) is 0. The van der Waals surface area contributed by atoms with E-state index in [-0.39, 0.29) is 23.0 Å². The van der Waals surface area contributed by atoms with Crippen molar-refractivity contribution in [3.8, 4) is 0 Å². The first-order valence-electron chi connectivity index (χ1n) is 7.09.